The molecule has 0 atom stereocenters. The molecule has 306 valence electrons. The Morgan fingerprint density at radius 2 is 0.968 bits per heavy atom. The predicted octanol–water partition coefficient (Wildman–Crippen LogP) is 7.71. The Hall–Kier alpha value is -8.92. The van der Waals surface area contributed by atoms with Gasteiger partial charge in [-0.25, -0.2) is 20.4 Å². The number of carbonyl (C=O) groups excluding carboxylic acids is 4. The number of nitrogens with zero attached hydrogens (tertiary/aromatic N) is 4. The van der Waals surface area contributed by atoms with E-state index in [9.17, 15) is 39.4 Å². The first-order valence-electron chi connectivity index (χ1n) is 18.7. The molecule has 0 aliphatic heterocycles. The molecule has 0 radical (unpaired) electrons. The summed E-state index contributed by atoms with van der Waals surface area (Å²) >= 11 is 0. The van der Waals surface area contributed by atoms with Gasteiger partial charge in [0.25, 0.3) is 11.8 Å². The molecule has 0 saturated carbocycles. The highest BCUT2D eigenvalue weighted by molar-refractivity contribution is 6.06. The monoisotopic (exact) mass is 828 g/mol. The van der Waals surface area contributed by atoms with Crippen molar-refractivity contribution in [2.75, 3.05) is 0 Å². The van der Waals surface area contributed by atoms with Gasteiger partial charge in [-0.2, -0.15) is 10.2 Å². The Morgan fingerprint density at radius 1 is 0.548 bits per heavy atom. The number of hydrazone groups is 2. The molecule has 7 aromatic rings. The molecule has 0 aromatic heterocycles. The van der Waals surface area contributed by atoms with Gasteiger partial charge in [0.15, 0.2) is 0 Å². The molecule has 0 unspecified atom stereocenters. The van der Waals surface area contributed by atoms with Crippen LogP contribution in [0, 0.1) is 26.1 Å². The molecule has 2 amide bonds. The molecule has 0 fully saturated rings. The molecular weight excluding hydrogens is 797 g/mol. The van der Waals surface area contributed by atoms with E-state index in [2.05, 4.69) is 21.1 Å². The molecular formula is C46H32N6O10. The van der Waals surface area contributed by atoms with Gasteiger partial charge in [-0.15, -0.1) is 0 Å². The van der Waals surface area contributed by atoms with Gasteiger partial charge in [0, 0.05) is 23.3 Å². The number of benzene rings is 7. The topological polar surface area (TPSA) is 222 Å². The number of esters is 2. The van der Waals surface area contributed by atoms with Crippen LogP contribution in [0.15, 0.2) is 162 Å². The number of fused-ring (bicyclic) bond motifs is 2. The van der Waals surface area contributed by atoms with E-state index in [1.807, 2.05) is 36.4 Å². The smallest absolute Gasteiger partial charge is 0.344 e. The van der Waals surface area contributed by atoms with Crippen LogP contribution in [0.2, 0.25) is 0 Å². The minimum atomic E-state index is -1.39. The van der Waals surface area contributed by atoms with Crippen LogP contribution in [0.1, 0.15) is 37.4 Å². The third-order valence-corrected chi connectivity index (χ3v) is 9.48. The van der Waals surface area contributed by atoms with Crippen LogP contribution in [0.3, 0.4) is 0 Å². The summed E-state index contributed by atoms with van der Waals surface area (Å²) in [6.45, 7) is 0. The van der Waals surface area contributed by atoms with Gasteiger partial charge < -0.3 is 9.47 Å². The van der Waals surface area contributed by atoms with Crippen LogP contribution in [-0.2, 0) is 16.0 Å². The Labute approximate surface area is 351 Å². The molecule has 0 heterocycles. The first-order chi connectivity index (χ1) is 30.0. The Bertz CT molecular complexity index is 2760. The van der Waals surface area contributed by atoms with Crippen molar-refractivity contribution in [2.24, 2.45) is 16.1 Å². The molecule has 0 aliphatic rings. The largest absolute Gasteiger partial charge is 0.416 e. The van der Waals surface area contributed by atoms with E-state index < -0.39 is 50.9 Å². The minimum absolute atomic E-state index is 0.0754. The molecule has 2 N–H and O–H groups in total. The van der Waals surface area contributed by atoms with Crippen molar-refractivity contribution in [2.45, 2.75) is 6.42 Å². The molecule has 16 nitrogen and oxygen atoms in total. The van der Waals surface area contributed by atoms with Crippen molar-refractivity contribution in [1.29, 1.82) is 0 Å². The average Bonchev–Trinajstić information content (AvgIpc) is 3.28. The summed E-state index contributed by atoms with van der Waals surface area (Å²) < 4.78 is 10.9. The summed E-state index contributed by atoms with van der Waals surface area (Å²) in [4.78, 5) is 75.5. The van der Waals surface area contributed by atoms with Crippen molar-refractivity contribution in [3.63, 3.8) is 0 Å². The van der Waals surface area contributed by atoms with E-state index in [-0.39, 0.29) is 40.2 Å². The molecule has 0 spiro atoms. The van der Waals surface area contributed by atoms with Crippen molar-refractivity contribution < 1.29 is 38.5 Å². The van der Waals surface area contributed by atoms with Gasteiger partial charge >= 0.3 is 23.3 Å². The zero-order valence-corrected chi connectivity index (χ0v) is 32.2. The number of nitro groups is 2. The number of hydrogen-bond donors (Lipinski definition) is 2. The molecule has 0 saturated heterocycles. The van der Waals surface area contributed by atoms with Gasteiger partial charge in [0.05, 0.1) is 33.4 Å². The van der Waals surface area contributed by atoms with E-state index in [1.165, 1.54) is 24.3 Å². The van der Waals surface area contributed by atoms with Crippen molar-refractivity contribution in [3.05, 3.63) is 200 Å². The lowest BCUT2D eigenvalue weighted by molar-refractivity contribution is -0.385. The summed E-state index contributed by atoms with van der Waals surface area (Å²) in [6.07, 6.45) is 2.16. The van der Waals surface area contributed by atoms with Gasteiger partial charge in [-0.1, -0.05) is 103 Å². The van der Waals surface area contributed by atoms with Crippen LogP contribution in [0.25, 0.3) is 21.5 Å². The fraction of sp³-hybridized carbons (Fsp3) is 0.0435. The van der Waals surface area contributed by atoms with Crippen LogP contribution < -0.4 is 20.3 Å². The maximum atomic E-state index is 13.4. The summed E-state index contributed by atoms with van der Waals surface area (Å²) in [5.41, 5.74) is 4.91. The SMILES string of the molecule is O=C(Oc1ccc(C=NNC(=O)C(Cc2ccccc2)C(=O)NN=Cc2ccc(OC(=O)c3cccc4ccccc34)c([N+](=O)[O-])c2)cc1[N+](=O)[O-])c1cccc2ccccc12. The van der Waals surface area contributed by atoms with E-state index in [0.29, 0.717) is 16.3 Å². The van der Waals surface area contributed by atoms with Gasteiger partial charge in [0.1, 0.15) is 5.92 Å². The van der Waals surface area contributed by atoms with Crippen LogP contribution >= 0.6 is 0 Å². The number of nitrogens with one attached hydrogen (secondary N) is 2. The maximum absolute atomic E-state index is 13.4. The highest BCUT2D eigenvalue weighted by atomic mass is 16.6. The van der Waals surface area contributed by atoms with E-state index in [4.69, 9.17) is 9.47 Å². The number of rotatable bonds is 14. The Morgan fingerprint density at radius 3 is 1.42 bits per heavy atom. The van der Waals surface area contributed by atoms with E-state index in [0.717, 1.165) is 35.3 Å². The molecule has 7 rings (SSSR count). The normalized spacial score (nSPS) is 11.6. The number of ether oxygens (including phenoxy) is 2. The van der Waals surface area contributed by atoms with Crippen LogP contribution in [-0.4, -0.2) is 46.0 Å². The predicted molar refractivity (Wildman–Crippen MR) is 229 cm³/mol. The average molecular weight is 829 g/mol. The number of carbonyl (C=O) groups is 4. The van der Waals surface area contributed by atoms with Crippen LogP contribution in [0.5, 0.6) is 11.5 Å². The standard InChI is InChI=1S/C46H32N6O10/c53-43(49-47-27-30-20-22-41(39(25-30)51(57)58)61-45(55)36-18-8-14-32-12-4-6-16-34(32)36)38(24-29-10-2-1-3-11-29)44(54)50-48-28-31-21-23-42(40(26-31)52(59)60)62-46(56)37-19-9-15-33-13-5-7-17-35(33)37/h1-23,25-28,38H,24H2,(H,49,53)(H,50,54). The Balaban J connectivity index is 1.02. The number of nitro benzene ring substituents is 2. The van der Waals surface area contributed by atoms with E-state index in [1.54, 1.807) is 78.9 Å². The zero-order valence-electron chi connectivity index (χ0n) is 32.2. The molecule has 0 bridgehead atoms. The fourth-order valence-corrected chi connectivity index (χ4v) is 6.45. The van der Waals surface area contributed by atoms with Crippen LogP contribution in [0.4, 0.5) is 11.4 Å². The summed E-state index contributed by atoms with van der Waals surface area (Å²) in [5.74, 6) is -5.27. The lowest BCUT2D eigenvalue weighted by atomic mass is 9.98. The van der Waals surface area contributed by atoms with Gasteiger partial charge in [-0.05, 0) is 69.9 Å². The second-order valence-electron chi connectivity index (χ2n) is 13.5. The maximum Gasteiger partial charge on any atom is 0.344 e. The first kappa shape index (κ1) is 41.2. The minimum Gasteiger partial charge on any atom is -0.416 e. The fourth-order valence-electron chi connectivity index (χ4n) is 6.45. The molecule has 62 heavy (non-hydrogen) atoms. The summed E-state index contributed by atoms with van der Waals surface area (Å²) in [5, 5.41) is 34.6. The lowest BCUT2D eigenvalue weighted by Crippen LogP contribution is -2.39. The highest BCUT2D eigenvalue weighted by Gasteiger charge is 2.28. The Kier molecular flexibility index (Phi) is 12.5. The lowest BCUT2D eigenvalue weighted by Gasteiger charge is -2.13. The van der Waals surface area contributed by atoms with Crippen molar-refractivity contribution in [1.82, 2.24) is 10.9 Å². The third-order valence-electron chi connectivity index (χ3n) is 9.48. The van der Waals surface area contributed by atoms with Gasteiger partial charge in [0.2, 0.25) is 11.5 Å². The quantitative estimate of drug-likeness (QED) is 0.0271. The van der Waals surface area contributed by atoms with Crippen molar-refractivity contribution in [3.8, 4) is 11.5 Å². The summed E-state index contributed by atoms with van der Waals surface area (Å²) in [7, 11) is 0. The highest BCUT2D eigenvalue weighted by Crippen LogP contribution is 2.31. The van der Waals surface area contributed by atoms with Gasteiger partial charge in [-0.3, -0.25) is 29.8 Å². The third kappa shape index (κ3) is 9.67. The number of amides is 2. The second-order valence-corrected chi connectivity index (χ2v) is 13.5. The first-order valence-corrected chi connectivity index (χ1v) is 18.7. The van der Waals surface area contributed by atoms with E-state index >= 15 is 0 Å². The molecule has 16 heteroatoms. The second kappa shape index (κ2) is 18.8. The number of hydrogen-bond acceptors (Lipinski definition) is 12. The zero-order chi connectivity index (χ0) is 43.6. The van der Waals surface area contributed by atoms with Crippen molar-refractivity contribution >= 4 is 69.1 Å². The summed E-state index contributed by atoms with van der Waals surface area (Å²) in [6, 6.07) is 40.5. The molecule has 0 aliphatic carbocycles. The molecule has 7 aromatic carbocycles.